The molecule has 0 aromatic heterocycles. The van der Waals surface area contributed by atoms with Crippen molar-refractivity contribution in [2.24, 2.45) is 17.2 Å². The summed E-state index contributed by atoms with van der Waals surface area (Å²) in [5, 5.41) is 7.87. The van der Waals surface area contributed by atoms with Gasteiger partial charge in [-0.3, -0.25) is 4.79 Å². The minimum atomic E-state index is -0.963. The van der Waals surface area contributed by atoms with Gasteiger partial charge < -0.3 is 22.3 Å². The van der Waals surface area contributed by atoms with Crippen LogP contribution in [0.4, 0.5) is 0 Å². The maximum atomic E-state index is 9.57. The molecule has 68 valence electrons. The molecule has 1 atom stereocenters. The third-order valence-corrected chi connectivity index (χ3v) is 0.861. The lowest BCUT2D eigenvalue weighted by atomic mass is 10.4. The third kappa shape index (κ3) is 17.6. The molecule has 0 radical (unpaired) electrons. The normalized spacial score (nSPS) is 11.8. The van der Waals surface area contributed by atoms with E-state index in [1.807, 2.05) is 6.92 Å². The van der Waals surface area contributed by atoms with E-state index in [-0.39, 0.29) is 6.17 Å². The first kappa shape index (κ1) is 13.0. The van der Waals surface area contributed by atoms with Gasteiger partial charge in [0.05, 0.1) is 6.17 Å². The van der Waals surface area contributed by atoms with E-state index in [4.69, 9.17) is 22.3 Å². The number of rotatable bonds is 2. The Morgan fingerprint density at radius 2 is 1.64 bits per heavy atom. The van der Waals surface area contributed by atoms with E-state index in [9.17, 15) is 4.79 Å². The summed E-state index contributed by atoms with van der Waals surface area (Å²) in [5.41, 5.74) is 15.0. The molecule has 0 aromatic carbocycles. The molecule has 11 heavy (non-hydrogen) atoms. The highest BCUT2D eigenvalue weighted by molar-refractivity contribution is 5.72. The van der Waals surface area contributed by atoms with Crippen LogP contribution in [0, 0.1) is 0 Å². The van der Waals surface area contributed by atoms with Gasteiger partial charge in [0.2, 0.25) is 0 Å². The quantitative estimate of drug-likeness (QED) is 0.392. The van der Waals surface area contributed by atoms with E-state index < -0.39 is 12.0 Å². The van der Waals surface area contributed by atoms with Crippen LogP contribution in [0.25, 0.3) is 0 Å². The van der Waals surface area contributed by atoms with E-state index in [1.54, 1.807) is 0 Å². The van der Waals surface area contributed by atoms with Crippen molar-refractivity contribution in [1.82, 2.24) is 0 Å². The van der Waals surface area contributed by atoms with Crippen molar-refractivity contribution < 1.29 is 9.90 Å². The first-order valence-corrected chi connectivity index (χ1v) is 3.41. The summed E-state index contributed by atoms with van der Waals surface area (Å²) >= 11 is 0. The monoisotopic (exact) mass is 163 g/mol. The highest BCUT2D eigenvalue weighted by atomic mass is 16.4. The van der Waals surface area contributed by atoms with E-state index in [0.29, 0.717) is 0 Å². The molecule has 0 aliphatic carbocycles. The summed E-state index contributed by atoms with van der Waals surface area (Å²) in [7, 11) is 0. The van der Waals surface area contributed by atoms with Gasteiger partial charge in [-0.05, 0) is 13.3 Å². The van der Waals surface area contributed by atoms with Crippen LogP contribution >= 0.6 is 0 Å². The molecule has 5 heteroatoms. The molecule has 0 heterocycles. The number of hydrogen-bond donors (Lipinski definition) is 4. The Balaban J connectivity index is 0. The number of carbonyl (C=O) groups is 1. The second-order valence-electron chi connectivity index (χ2n) is 2.20. The average molecular weight is 163 g/mol. The lowest BCUT2D eigenvalue weighted by Gasteiger charge is -1.92. The molecule has 0 spiro atoms. The van der Waals surface area contributed by atoms with Crippen LogP contribution in [0.5, 0.6) is 0 Å². The Hall–Kier alpha value is -0.650. The zero-order valence-corrected chi connectivity index (χ0v) is 6.95. The Morgan fingerprint density at radius 1 is 1.45 bits per heavy atom. The van der Waals surface area contributed by atoms with Gasteiger partial charge in [-0.15, -0.1) is 0 Å². The molecule has 0 amide bonds. The van der Waals surface area contributed by atoms with E-state index in [0.717, 1.165) is 6.42 Å². The van der Waals surface area contributed by atoms with Crippen molar-refractivity contribution in [3.05, 3.63) is 0 Å². The van der Waals surface area contributed by atoms with Crippen LogP contribution in [0.15, 0.2) is 0 Å². The summed E-state index contributed by atoms with van der Waals surface area (Å²) in [5.74, 6) is -0.963. The SMILES string of the molecule is CC(N)C(=O)O.CCC(N)N. The molecule has 0 aromatic rings. The minimum Gasteiger partial charge on any atom is -0.480 e. The molecule has 0 saturated carbocycles. The third-order valence-electron chi connectivity index (χ3n) is 0.861. The van der Waals surface area contributed by atoms with Crippen molar-refractivity contribution in [2.45, 2.75) is 32.5 Å². The van der Waals surface area contributed by atoms with Crippen molar-refractivity contribution >= 4 is 5.97 Å². The smallest absolute Gasteiger partial charge is 0.320 e. The topological polar surface area (TPSA) is 115 Å². The predicted octanol–water partition coefficient (Wildman–Crippen LogP) is -0.942. The van der Waals surface area contributed by atoms with Crippen LogP contribution < -0.4 is 17.2 Å². The molecule has 0 fully saturated rings. The summed E-state index contributed by atoms with van der Waals surface area (Å²) < 4.78 is 0. The first-order valence-electron chi connectivity index (χ1n) is 3.41. The number of carboxylic acid groups (broad SMARTS) is 1. The molecule has 0 rings (SSSR count). The fourth-order valence-electron chi connectivity index (χ4n) is 0. The molecule has 0 bridgehead atoms. The predicted molar refractivity (Wildman–Crippen MR) is 43.7 cm³/mol. The summed E-state index contributed by atoms with van der Waals surface area (Å²) in [6, 6.07) is -0.731. The van der Waals surface area contributed by atoms with Crippen LogP contribution in [0.3, 0.4) is 0 Å². The lowest BCUT2D eigenvalue weighted by Crippen LogP contribution is -2.28. The second kappa shape index (κ2) is 7.46. The maximum Gasteiger partial charge on any atom is 0.320 e. The fourth-order valence-corrected chi connectivity index (χ4v) is 0. The molecule has 0 aliphatic rings. The number of hydrogen-bond acceptors (Lipinski definition) is 4. The van der Waals surface area contributed by atoms with Gasteiger partial charge in [-0.1, -0.05) is 6.92 Å². The van der Waals surface area contributed by atoms with Crippen LogP contribution in [-0.2, 0) is 4.79 Å². The summed E-state index contributed by atoms with van der Waals surface area (Å²) in [6.07, 6.45) is 0.745. The zero-order valence-electron chi connectivity index (χ0n) is 6.95. The Labute approximate surface area is 66.5 Å². The van der Waals surface area contributed by atoms with Gasteiger partial charge in [0.1, 0.15) is 6.04 Å². The molecule has 0 saturated heterocycles. The highest BCUT2D eigenvalue weighted by Crippen LogP contribution is 1.68. The second-order valence-corrected chi connectivity index (χ2v) is 2.20. The number of aliphatic carboxylic acids is 1. The highest BCUT2D eigenvalue weighted by Gasteiger charge is 1.99. The van der Waals surface area contributed by atoms with Gasteiger partial charge in [0.15, 0.2) is 0 Å². The van der Waals surface area contributed by atoms with Gasteiger partial charge in [0, 0.05) is 0 Å². The Bertz CT molecular complexity index is 104. The van der Waals surface area contributed by atoms with Gasteiger partial charge >= 0.3 is 5.97 Å². The van der Waals surface area contributed by atoms with Crippen LogP contribution in [0.2, 0.25) is 0 Å². The molecule has 5 nitrogen and oxygen atoms in total. The van der Waals surface area contributed by atoms with Crippen molar-refractivity contribution in [1.29, 1.82) is 0 Å². The summed E-state index contributed by atoms with van der Waals surface area (Å²) in [4.78, 5) is 9.57. The number of nitrogens with two attached hydrogens (primary N) is 3. The van der Waals surface area contributed by atoms with E-state index in [1.165, 1.54) is 6.92 Å². The maximum absolute atomic E-state index is 9.57. The van der Waals surface area contributed by atoms with Gasteiger partial charge in [0.25, 0.3) is 0 Å². The minimum absolute atomic E-state index is 0.116. The van der Waals surface area contributed by atoms with E-state index in [2.05, 4.69) is 0 Å². The largest absolute Gasteiger partial charge is 0.480 e. The van der Waals surface area contributed by atoms with Crippen molar-refractivity contribution in [2.75, 3.05) is 0 Å². The standard InChI is InChI=1S/C3H10N2.C3H7NO2/c1-2-3(4)5;1-2(4)3(5)6/h3H,2,4-5H2,1H3;2H,4H2,1H3,(H,5,6). The van der Waals surface area contributed by atoms with Gasteiger partial charge in [-0.2, -0.15) is 0 Å². The molecule has 7 N–H and O–H groups in total. The van der Waals surface area contributed by atoms with Crippen LogP contribution in [-0.4, -0.2) is 23.3 Å². The van der Waals surface area contributed by atoms with Crippen molar-refractivity contribution in [3.63, 3.8) is 0 Å². The number of carboxylic acids is 1. The van der Waals surface area contributed by atoms with E-state index >= 15 is 0 Å². The Kier molecular flexibility index (Phi) is 8.80. The molecular weight excluding hydrogens is 146 g/mol. The van der Waals surface area contributed by atoms with Gasteiger partial charge in [-0.25, -0.2) is 0 Å². The lowest BCUT2D eigenvalue weighted by molar-refractivity contribution is -0.138. The molecular formula is C6H17N3O2. The molecule has 1 unspecified atom stereocenters. The Morgan fingerprint density at radius 3 is 1.64 bits per heavy atom. The molecule has 0 aliphatic heterocycles. The summed E-state index contributed by atoms with van der Waals surface area (Å²) in [6.45, 7) is 3.37. The fraction of sp³-hybridized carbons (Fsp3) is 0.833. The average Bonchev–Trinajstić information content (AvgIpc) is 1.89. The van der Waals surface area contributed by atoms with Crippen LogP contribution in [0.1, 0.15) is 20.3 Å². The first-order chi connectivity index (χ1) is 4.91. The zero-order chi connectivity index (χ0) is 9.44. The van der Waals surface area contributed by atoms with Crippen molar-refractivity contribution in [3.8, 4) is 0 Å².